The molecule has 0 heterocycles. The zero-order chi connectivity index (χ0) is 11.8. The summed E-state index contributed by atoms with van der Waals surface area (Å²) in [6.45, 7) is 0. The second kappa shape index (κ2) is 3.46. The van der Waals surface area contributed by atoms with Crippen molar-refractivity contribution in [3.05, 3.63) is 35.4 Å². The molecular formula is C12H9NO3. The van der Waals surface area contributed by atoms with Crippen LogP contribution in [0.3, 0.4) is 0 Å². The Morgan fingerprint density at radius 2 is 2.19 bits per heavy atom. The molecule has 0 N–H and O–H groups in total. The molecule has 1 aromatic rings. The predicted octanol–water partition coefficient (Wildman–Crippen LogP) is 1.11. The normalized spacial score (nSPS) is 22.4. The van der Waals surface area contributed by atoms with Crippen LogP contribution in [0, 0.1) is 16.7 Å². The van der Waals surface area contributed by atoms with E-state index in [1.54, 1.807) is 30.3 Å². The van der Waals surface area contributed by atoms with Crippen molar-refractivity contribution in [1.29, 1.82) is 5.26 Å². The van der Waals surface area contributed by atoms with Crippen molar-refractivity contribution < 1.29 is 14.3 Å². The quantitative estimate of drug-likeness (QED) is 0.519. The van der Waals surface area contributed by atoms with Gasteiger partial charge < -0.3 is 4.74 Å². The minimum atomic E-state index is -1.68. The maximum Gasteiger partial charge on any atom is 0.334 e. The first-order valence-corrected chi connectivity index (χ1v) is 4.78. The van der Waals surface area contributed by atoms with Crippen molar-refractivity contribution in [3.8, 4) is 6.07 Å². The highest BCUT2D eigenvalue weighted by atomic mass is 16.5. The van der Waals surface area contributed by atoms with Gasteiger partial charge in [0.25, 0.3) is 0 Å². The van der Waals surface area contributed by atoms with Gasteiger partial charge >= 0.3 is 5.97 Å². The number of ketones is 1. The molecule has 0 amide bonds. The summed E-state index contributed by atoms with van der Waals surface area (Å²) in [5.74, 6) is -1.24. The number of Topliss-reactive ketones (excluding diaryl/α,β-unsaturated/α-hetero) is 1. The Balaban J connectivity index is 2.55. The summed E-state index contributed by atoms with van der Waals surface area (Å²) in [7, 11) is 1.18. The van der Waals surface area contributed by atoms with Gasteiger partial charge in [-0.25, -0.2) is 4.79 Å². The molecule has 2 rings (SSSR count). The van der Waals surface area contributed by atoms with E-state index in [2.05, 4.69) is 4.74 Å². The number of carbonyl (C=O) groups is 2. The molecule has 4 nitrogen and oxygen atoms in total. The fourth-order valence-corrected chi connectivity index (χ4v) is 1.97. The second-order valence-electron chi connectivity index (χ2n) is 3.67. The summed E-state index contributed by atoms with van der Waals surface area (Å²) in [6.07, 6.45) is 0.102. The molecule has 0 aliphatic heterocycles. The molecule has 0 saturated carbocycles. The minimum absolute atomic E-state index is 0.102. The van der Waals surface area contributed by atoms with Crippen LogP contribution in [-0.4, -0.2) is 18.9 Å². The van der Waals surface area contributed by atoms with E-state index in [9.17, 15) is 9.59 Å². The van der Waals surface area contributed by atoms with Gasteiger partial charge in [0, 0.05) is 12.0 Å². The summed E-state index contributed by atoms with van der Waals surface area (Å²) in [5, 5.41) is 9.09. The van der Waals surface area contributed by atoms with E-state index in [1.165, 1.54) is 7.11 Å². The zero-order valence-electron chi connectivity index (χ0n) is 8.69. The molecule has 0 radical (unpaired) electrons. The van der Waals surface area contributed by atoms with Gasteiger partial charge in [-0.05, 0) is 5.56 Å². The van der Waals surface area contributed by atoms with Crippen molar-refractivity contribution in [2.75, 3.05) is 7.11 Å². The Morgan fingerprint density at radius 1 is 1.50 bits per heavy atom. The molecule has 1 aromatic carbocycles. The molecule has 1 aliphatic rings. The SMILES string of the molecule is COC(=O)[C@@]1(C#N)Cc2ccccc2C1=O. The molecule has 0 aromatic heterocycles. The highest BCUT2D eigenvalue weighted by Gasteiger charge is 2.53. The Kier molecular flexibility index (Phi) is 2.24. The van der Waals surface area contributed by atoms with Crippen LogP contribution in [0.5, 0.6) is 0 Å². The molecule has 0 saturated heterocycles. The molecule has 16 heavy (non-hydrogen) atoms. The van der Waals surface area contributed by atoms with Crippen molar-refractivity contribution in [2.24, 2.45) is 5.41 Å². The third-order valence-corrected chi connectivity index (χ3v) is 2.83. The van der Waals surface area contributed by atoms with Crippen LogP contribution in [0.2, 0.25) is 0 Å². The highest BCUT2D eigenvalue weighted by molar-refractivity contribution is 6.18. The number of ether oxygens (including phenoxy) is 1. The van der Waals surface area contributed by atoms with Crippen molar-refractivity contribution >= 4 is 11.8 Å². The lowest BCUT2D eigenvalue weighted by atomic mass is 9.85. The summed E-state index contributed by atoms with van der Waals surface area (Å²) < 4.78 is 4.55. The van der Waals surface area contributed by atoms with E-state index in [1.807, 2.05) is 0 Å². The van der Waals surface area contributed by atoms with Gasteiger partial charge in [0.15, 0.2) is 5.78 Å². The average Bonchev–Trinajstić information content (AvgIpc) is 2.63. The molecule has 80 valence electrons. The summed E-state index contributed by atoms with van der Waals surface area (Å²) in [6, 6.07) is 8.66. The van der Waals surface area contributed by atoms with Gasteiger partial charge in [-0.15, -0.1) is 0 Å². The van der Waals surface area contributed by atoms with Crippen LogP contribution in [0.1, 0.15) is 15.9 Å². The standard InChI is InChI=1S/C12H9NO3/c1-16-11(15)12(7-13)6-8-4-2-3-5-9(8)10(12)14/h2-5H,6H2,1H3/t12-/m1/s1. The van der Waals surface area contributed by atoms with Gasteiger partial charge in [-0.2, -0.15) is 5.26 Å². The molecule has 4 heteroatoms. The predicted molar refractivity (Wildman–Crippen MR) is 54.5 cm³/mol. The lowest BCUT2D eigenvalue weighted by Crippen LogP contribution is -2.36. The van der Waals surface area contributed by atoms with Gasteiger partial charge in [0.05, 0.1) is 13.2 Å². The number of benzene rings is 1. The third-order valence-electron chi connectivity index (χ3n) is 2.83. The number of hydrogen-bond donors (Lipinski definition) is 0. The number of carbonyl (C=O) groups excluding carboxylic acids is 2. The second-order valence-corrected chi connectivity index (χ2v) is 3.67. The minimum Gasteiger partial charge on any atom is -0.467 e. The first-order chi connectivity index (χ1) is 7.65. The number of nitriles is 1. The van der Waals surface area contributed by atoms with E-state index in [-0.39, 0.29) is 6.42 Å². The summed E-state index contributed by atoms with van der Waals surface area (Å²) >= 11 is 0. The number of hydrogen-bond acceptors (Lipinski definition) is 4. The van der Waals surface area contributed by atoms with Crippen molar-refractivity contribution in [1.82, 2.24) is 0 Å². The fraction of sp³-hybridized carbons (Fsp3) is 0.250. The molecule has 0 unspecified atom stereocenters. The fourth-order valence-electron chi connectivity index (χ4n) is 1.97. The monoisotopic (exact) mass is 215 g/mol. The molecule has 1 atom stereocenters. The van der Waals surface area contributed by atoms with E-state index >= 15 is 0 Å². The third kappa shape index (κ3) is 1.15. The van der Waals surface area contributed by atoms with E-state index < -0.39 is 17.2 Å². The average molecular weight is 215 g/mol. The molecule has 1 aliphatic carbocycles. The van der Waals surface area contributed by atoms with Crippen LogP contribution in [0.25, 0.3) is 0 Å². The Labute approximate surface area is 92.4 Å². The lowest BCUT2D eigenvalue weighted by Gasteiger charge is -2.14. The van der Waals surface area contributed by atoms with Crippen LogP contribution in [-0.2, 0) is 16.0 Å². The van der Waals surface area contributed by atoms with Crippen LogP contribution < -0.4 is 0 Å². The maximum absolute atomic E-state index is 12.0. The number of nitrogens with zero attached hydrogens (tertiary/aromatic N) is 1. The molecule has 0 spiro atoms. The van der Waals surface area contributed by atoms with Gasteiger partial charge in [-0.3, -0.25) is 4.79 Å². The lowest BCUT2D eigenvalue weighted by molar-refractivity contribution is -0.146. The largest absolute Gasteiger partial charge is 0.467 e. The van der Waals surface area contributed by atoms with E-state index in [4.69, 9.17) is 5.26 Å². The van der Waals surface area contributed by atoms with Gasteiger partial charge in [0.1, 0.15) is 0 Å². The zero-order valence-corrected chi connectivity index (χ0v) is 8.69. The van der Waals surface area contributed by atoms with E-state index in [0.29, 0.717) is 5.56 Å². The number of esters is 1. The van der Waals surface area contributed by atoms with E-state index in [0.717, 1.165) is 5.56 Å². The first kappa shape index (κ1) is 10.4. The molecular weight excluding hydrogens is 206 g/mol. The number of rotatable bonds is 1. The highest BCUT2D eigenvalue weighted by Crippen LogP contribution is 2.37. The van der Waals surface area contributed by atoms with Gasteiger partial charge in [0.2, 0.25) is 5.41 Å². The van der Waals surface area contributed by atoms with Crippen LogP contribution in [0.4, 0.5) is 0 Å². The van der Waals surface area contributed by atoms with Crippen molar-refractivity contribution in [3.63, 3.8) is 0 Å². The maximum atomic E-state index is 12.0. The van der Waals surface area contributed by atoms with Crippen LogP contribution in [0.15, 0.2) is 24.3 Å². The Bertz CT molecular complexity index is 515. The number of fused-ring (bicyclic) bond motifs is 1. The molecule has 0 bridgehead atoms. The Morgan fingerprint density at radius 3 is 2.75 bits per heavy atom. The van der Waals surface area contributed by atoms with Crippen LogP contribution >= 0.6 is 0 Å². The smallest absolute Gasteiger partial charge is 0.334 e. The summed E-state index contributed by atoms with van der Waals surface area (Å²) in [4.78, 5) is 23.6. The number of methoxy groups -OCH3 is 1. The molecule has 0 fully saturated rings. The first-order valence-electron chi connectivity index (χ1n) is 4.78. The Hall–Kier alpha value is -2.15. The van der Waals surface area contributed by atoms with Gasteiger partial charge in [-0.1, -0.05) is 24.3 Å². The van der Waals surface area contributed by atoms with Crippen molar-refractivity contribution in [2.45, 2.75) is 6.42 Å². The topological polar surface area (TPSA) is 67.2 Å². The summed E-state index contributed by atoms with van der Waals surface area (Å²) in [5.41, 5.74) is -0.521.